The lowest BCUT2D eigenvalue weighted by Crippen LogP contribution is -2.19. The van der Waals surface area contributed by atoms with Gasteiger partial charge in [0.05, 0.1) is 24.5 Å². The Morgan fingerprint density at radius 2 is 2.22 bits per heavy atom. The van der Waals surface area contributed by atoms with Gasteiger partial charge in [-0.15, -0.1) is 0 Å². The van der Waals surface area contributed by atoms with Gasteiger partial charge in [-0.05, 0) is 31.7 Å². The third kappa shape index (κ3) is 2.81. The van der Waals surface area contributed by atoms with Crippen LogP contribution in [-0.4, -0.2) is 28.6 Å². The van der Waals surface area contributed by atoms with Gasteiger partial charge in [0.2, 0.25) is 0 Å². The van der Waals surface area contributed by atoms with Crippen molar-refractivity contribution in [1.82, 2.24) is 20.3 Å². The molecule has 5 heteroatoms. The molecule has 0 radical (unpaired) electrons. The molecule has 0 spiro atoms. The molecule has 2 rings (SSSR count). The Balaban J connectivity index is 2.30. The van der Waals surface area contributed by atoms with Gasteiger partial charge in [0.25, 0.3) is 0 Å². The van der Waals surface area contributed by atoms with Gasteiger partial charge in [-0.3, -0.25) is 4.98 Å². The van der Waals surface area contributed by atoms with Crippen LogP contribution in [0.4, 0.5) is 0 Å². The summed E-state index contributed by atoms with van der Waals surface area (Å²) in [5.74, 6) is 0.768. The summed E-state index contributed by atoms with van der Waals surface area (Å²) in [6.45, 7) is 2.58. The molecule has 1 N–H and O–H groups in total. The van der Waals surface area contributed by atoms with Crippen molar-refractivity contribution in [2.45, 2.75) is 13.0 Å². The fourth-order valence-corrected chi connectivity index (χ4v) is 1.80. The van der Waals surface area contributed by atoms with E-state index in [2.05, 4.69) is 20.3 Å². The molecule has 0 aliphatic carbocycles. The van der Waals surface area contributed by atoms with Crippen molar-refractivity contribution in [3.8, 4) is 5.75 Å². The number of ether oxygens (including phenoxy) is 1. The SMILES string of the molecule is CCOc1cncc(C(NC)c2ccncn2)c1. The van der Waals surface area contributed by atoms with E-state index in [-0.39, 0.29) is 6.04 Å². The molecule has 1 atom stereocenters. The van der Waals surface area contributed by atoms with Crippen LogP contribution in [0.2, 0.25) is 0 Å². The van der Waals surface area contributed by atoms with Crippen molar-refractivity contribution in [3.05, 3.63) is 48.3 Å². The normalized spacial score (nSPS) is 12.1. The highest BCUT2D eigenvalue weighted by Gasteiger charge is 2.14. The topological polar surface area (TPSA) is 59.9 Å². The zero-order valence-electron chi connectivity index (χ0n) is 10.5. The fraction of sp³-hybridized carbons (Fsp3) is 0.308. The van der Waals surface area contributed by atoms with Gasteiger partial charge in [-0.2, -0.15) is 0 Å². The second-order valence-electron chi connectivity index (χ2n) is 3.74. The number of nitrogens with one attached hydrogen (secondary N) is 1. The zero-order valence-corrected chi connectivity index (χ0v) is 10.5. The number of aromatic nitrogens is 3. The van der Waals surface area contributed by atoms with Gasteiger partial charge < -0.3 is 10.1 Å². The quantitative estimate of drug-likeness (QED) is 0.865. The van der Waals surface area contributed by atoms with Crippen LogP contribution in [0.5, 0.6) is 5.75 Å². The second kappa shape index (κ2) is 6.07. The van der Waals surface area contributed by atoms with Crippen molar-refractivity contribution < 1.29 is 4.74 Å². The lowest BCUT2D eigenvalue weighted by Gasteiger charge is -2.16. The number of rotatable bonds is 5. The van der Waals surface area contributed by atoms with Gasteiger partial charge in [0.1, 0.15) is 12.1 Å². The molecule has 2 heterocycles. The minimum absolute atomic E-state index is 0.0130. The standard InChI is InChI=1S/C13H16N4O/c1-3-18-11-6-10(7-16-8-11)13(14-2)12-4-5-15-9-17-12/h4-9,13-14H,3H2,1-2H3. The van der Waals surface area contributed by atoms with E-state index in [0.29, 0.717) is 6.61 Å². The van der Waals surface area contributed by atoms with E-state index in [1.165, 1.54) is 0 Å². The Morgan fingerprint density at radius 1 is 1.33 bits per heavy atom. The molecule has 5 nitrogen and oxygen atoms in total. The first-order chi connectivity index (χ1) is 8.85. The minimum Gasteiger partial charge on any atom is -0.492 e. The second-order valence-corrected chi connectivity index (χ2v) is 3.74. The van der Waals surface area contributed by atoms with E-state index in [1.807, 2.05) is 32.3 Å². The fourth-order valence-electron chi connectivity index (χ4n) is 1.80. The minimum atomic E-state index is -0.0130. The maximum absolute atomic E-state index is 5.45. The molecular weight excluding hydrogens is 228 g/mol. The molecule has 94 valence electrons. The molecule has 0 saturated carbocycles. The lowest BCUT2D eigenvalue weighted by atomic mass is 10.1. The molecule has 2 aromatic rings. The highest BCUT2D eigenvalue weighted by atomic mass is 16.5. The van der Waals surface area contributed by atoms with Crippen LogP contribution in [0.15, 0.2) is 37.1 Å². The Bertz CT molecular complexity index is 489. The molecule has 0 aliphatic rings. The van der Waals surface area contributed by atoms with Crippen molar-refractivity contribution in [3.63, 3.8) is 0 Å². The van der Waals surface area contributed by atoms with E-state index in [0.717, 1.165) is 17.0 Å². The Morgan fingerprint density at radius 3 is 2.89 bits per heavy atom. The van der Waals surface area contributed by atoms with E-state index in [9.17, 15) is 0 Å². The number of hydrogen-bond acceptors (Lipinski definition) is 5. The lowest BCUT2D eigenvalue weighted by molar-refractivity contribution is 0.338. The van der Waals surface area contributed by atoms with Crippen LogP contribution in [0.1, 0.15) is 24.2 Å². The number of pyridine rings is 1. The summed E-state index contributed by atoms with van der Waals surface area (Å²) in [5, 5.41) is 3.22. The summed E-state index contributed by atoms with van der Waals surface area (Å²) in [6, 6.07) is 3.84. The van der Waals surface area contributed by atoms with Crippen LogP contribution >= 0.6 is 0 Å². The summed E-state index contributed by atoms with van der Waals surface area (Å²) in [7, 11) is 1.89. The van der Waals surface area contributed by atoms with E-state index in [4.69, 9.17) is 4.74 Å². The van der Waals surface area contributed by atoms with Gasteiger partial charge >= 0.3 is 0 Å². The summed E-state index contributed by atoms with van der Waals surface area (Å²) in [4.78, 5) is 12.4. The Hall–Kier alpha value is -2.01. The Kier molecular flexibility index (Phi) is 4.20. The monoisotopic (exact) mass is 244 g/mol. The summed E-state index contributed by atoms with van der Waals surface area (Å²) in [6.07, 6.45) is 6.79. The van der Waals surface area contributed by atoms with Crippen molar-refractivity contribution in [2.75, 3.05) is 13.7 Å². The summed E-state index contributed by atoms with van der Waals surface area (Å²) < 4.78 is 5.45. The molecule has 0 aromatic carbocycles. The van der Waals surface area contributed by atoms with Crippen LogP contribution < -0.4 is 10.1 Å². The molecule has 0 aliphatic heterocycles. The van der Waals surface area contributed by atoms with Crippen LogP contribution in [-0.2, 0) is 0 Å². The molecule has 1 unspecified atom stereocenters. The predicted octanol–water partition coefficient (Wildman–Crippen LogP) is 1.58. The maximum Gasteiger partial charge on any atom is 0.137 e. The summed E-state index contributed by atoms with van der Waals surface area (Å²) >= 11 is 0. The van der Waals surface area contributed by atoms with E-state index >= 15 is 0 Å². The highest BCUT2D eigenvalue weighted by Crippen LogP contribution is 2.22. The number of nitrogens with zero attached hydrogens (tertiary/aromatic N) is 3. The van der Waals surface area contributed by atoms with E-state index < -0.39 is 0 Å². The smallest absolute Gasteiger partial charge is 0.137 e. The first-order valence-corrected chi connectivity index (χ1v) is 5.86. The average molecular weight is 244 g/mol. The molecule has 0 saturated heterocycles. The van der Waals surface area contributed by atoms with Gasteiger partial charge in [0, 0.05) is 12.4 Å². The van der Waals surface area contributed by atoms with Crippen molar-refractivity contribution >= 4 is 0 Å². The molecular formula is C13H16N4O. The molecule has 18 heavy (non-hydrogen) atoms. The molecule has 0 amide bonds. The first kappa shape index (κ1) is 12.4. The summed E-state index contributed by atoms with van der Waals surface area (Å²) in [5.41, 5.74) is 1.92. The molecule has 0 bridgehead atoms. The number of hydrogen-bond donors (Lipinski definition) is 1. The molecule has 0 fully saturated rings. The first-order valence-electron chi connectivity index (χ1n) is 5.86. The largest absolute Gasteiger partial charge is 0.492 e. The van der Waals surface area contributed by atoms with Gasteiger partial charge in [-0.1, -0.05) is 0 Å². The predicted molar refractivity (Wildman–Crippen MR) is 68.3 cm³/mol. The van der Waals surface area contributed by atoms with Crippen LogP contribution in [0, 0.1) is 0 Å². The third-order valence-corrected chi connectivity index (χ3v) is 2.57. The van der Waals surface area contributed by atoms with Gasteiger partial charge in [-0.25, -0.2) is 9.97 Å². The maximum atomic E-state index is 5.45. The average Bonchev–Trinajstić information content (AvgIpc) is 2.42. The zero-order chi connectivity index (χ0) is 12.8. The van der Waals surface area contributed by atoms with E-state index in [1.54, 1.807) is 18.7 Å². The van der Waals surface area contributed by atoms with Crippen molar-refractivity contribution in [1.29, 1.82) is 0 Å². The van der Waals surface area contributed by atoms with Crippen LogP contribution in [0.25, 0.3) is 0 Å². The van der Waals surface area contributed by atoms with Crippen molar-refractivity contribution in [2.24, 2.45) is 0 Å². The van der Waals surface area contributed by atoms with Gasteiger partial charge in [0.15, 0.2) is 0 Å². The highest BCUT2D eigenvalue weighted by molar-refractivity contribution is 5.30. The molecule has 2 aromatic heterocycles. The third-order valence-electron chi connectivity index (χ3n) is 2.57. The Labute approximate surface area is 106 Å². The van der Waals surface area contributed by atoms with Crippen LogP contribution in [0.3, 0.4) is 0 Å².